The number of aliphatic imine (C=N–C) groups is 1. The van der Waals surface area contributed by atoms with Crippen molar-refractivity contribution in [2.75, 3.05) is 13.1 Å². The van der Waals surface area contributed by atoms with E-state index in [4.69, 9.17) is 15.2 Å². The Bertz CT molecular complexity index is 564. The second-order valence-corrected chi connectivity index (χ2v) is 8.14. The van der Waals surface area contributed by atoms with Gasteiger partial charge >= 0.3 is 12.2 Å². The molecule has 0 spiro atoms. The Hall–Kier alpha value is -2.36. The summed E-state index contributed by atoms with van der Waals surface area (Å²) in [7, 11) is 0. The van der Waals surface area contributed by atoms with Gasteiger partial charge in [0.15, 0.2) is 0 Å². The minimum atomic E-state index is -0.856. The van der Waals surface area contributed by atoms with Crippen LogP contribution in [0.3, 0.4) is 0 Å². The van der Waals surface area contributed by atoms with E-state index in [9.17, 15) is 14.4 Å². The van der Waals surface area contributed by atoms with Gasteiger partial charge in [-0.05, 0) is 61.3 Å². The SMILES string of the molecule is CCNC(=O)[C@@H](N)CCCN/C(=N\C(=O)OC(C)(C)C)NC(=O)OC(C)(C)C. The highest BCUT2D eigenvalue weighted by Gasteiger charge is 2.20. The fourth-order valence-electron chi connectivity index (χ4n) is 1.85. The maximum atomic E-state index is 12.0. The third kappa shape index (κ3) is 13.8. The predicted octanol–water partition coefficient (Wildman–Crippen LogP) is 1.64. The number of likely N-dealkylation sites (N-methyl/N-ethyl adjacent to an activating group) is 1. The Labute approximate surface area is 167 Å². The van der Waals surface area contributed by atoms with Crippen LogP contribution in [-0.4, -0.2) is 54.4 Å². The molecule has 28 heavy (non-hydrogen) atoms. The Balaban J connectivity index is 4.83. The van der Waals surface area contributed by atoms with Crippen LogP contribution in [0.1, 0.15) is 61.3 Å². The standard InChI is InChI=1S/C18H35N5O5/c1-8-20-13(24)12(19)10-9-11-21-14(22-15(25)27-17(2,3)4)23-16(26)28-18(5,6)7/h12H,8-11,19H2,1-7H3,(H,20,24)(H2,21,22,23,25,26)/t12-/m0/s1. The molecule has 5 N–H and O–H groups in total. The first-order valence-corrected chi connectivity index (χ1v) is 9.32. The molecule has 10 nitrogen and oxygen atoms in total. The van der Waals surface area contributed by atoms with Crippen LogP contribution in [0, 0.1) is 0 Å². The molecule has 10 heteroatoms. The Morgan fingerprint density at radius 1 is 1.00 bits per heavy atom. The monoisotopic (exact) mass is 401 g/mol. The molecular formula is C18H35N5O5. The van der Waals surface area contributed by atoms with Gasteiger partial charge in [-0.25, -0.2) is 9.59 Å². The average Bonchev–Trinajstić information content (AvgIpc) is 2.47. The van der Waals surface area contributed by atoms with Crippen molar-refractivity contribution in [2.45, 2.75) is 78.6 Å². The average molecular weight is 402 g/mol. The molecule has 0 bridgehead atoms. The van der Waals surface area contributed by atoms with E-state index >= 15 is 0 Å². The normalized spacial score (nSPS) is 13.4. The number of hydrogen-bond acceptors (Lipinski definition) is 6. The summed E-state index contributed by atoms with van der Waals surface area (Å²) >= 11 is 0. The highest BCUT2D eigenvalue weighted by molar-refractivity contribution is 5.98. The molecule has 0 saturated carbocycles. The first-order valence-electron chi connectivity index (χ1n) is 9.32. The quantitative estimate of drug-likeness (QED) is 0.301. The maximum absolute atomic E-state index is 12.0. The zero-order valence-corrected chi connectivity index (χ0v) is 18.0. The molecule has 0 aromatic carbocycles. The summed E-state index contributed by atoms with van der Waals surface area (Å²) < 4.78 is 10.3. The van der Waals surface area contributed by atoms with E-state index < -0.39 is 29.4 Å². The van der Waals surface area contributed by atoms with E-state index in [-0.39, 0.29) is 11.9 Å². The molecule has 0 rings (SSSR count). The zero-order valence-electron chi connectivity index (χ0n) is 18.0. The molecular weight excluding hydrogens is 366 g/mol. The Morgan fingerprint density at radius 2 is 1.57 bits per heavy atom. The van der Waals surface area contributed by atoms with Gasteiger partial charge in [-0.3, -0.25) is 10.1 Å². The Morgan fingerprint density at radius 3 is 2.07 bits per heavy atom. The molecule has 0 fully saturated rings. The van der Waals surface area contributed by atoms with E-state index in [1.54, 1.807) is 41.5 Å². The van der Waals surface area contributed by atoms with Crippen molar-refractivity contribution < 1.29 is 23.9 Å². The van der Waals surface area contributed by atoms with Crippen LogP contribution in [0.5, 0.6) is 0 Å². The van der Waals surface area contributed by atoms with Crippen molar-refractivity contribution in [3.8, 4) is 0 Å². The minimum Gasteiger partial charge on any atom is -0.444 e. The number of carbonyl (C=O) groups is 3. The van der Waals surface area contributed by atoms with E-state index in [0.29, 0.717) is 25.9 Å². The van der Waals surface area contributed by atoms with Gasteiger partial charge in [0.25, 0.3) is 0 Å². The molecule has 0 aliphatic carbocycles. The van der Waals surface area contributed by atoms with Gasteiger partial charge in [-0.2, -0.15) is 0 Å². The fourth-order valence-corrected chi connectivity index (χ4v) is 1.85. The molecule has 0 saturated heterocycles. The van der Waals surface area contributed by atoms with Crippen molar-refractivity contribution in [1.82, 2.24) is 16.0 Å². The lowest BCUT2D eigenvalue weighted by Gasteiger charge is -2.21. The number of nitrogens with zero attached hydrogens (tertiary/aromatic N) is 1. The lowest BCUT2D eigenvalue weighted by atomic mass is 10.1. The highest BCUT2D eigenvalue weighted by atomic mass is 16.6. The second kappa shape index (κ2) is 11.5. The maximum Gasteiger partial charge on any atom is 0.437 e. The molecule has 0 unspecified atom stereocenters. The lowest BCUT2D eigenvalue weighted by Crippen LogP contribution is -2.45. The van der Waals surface area contributed by atoms with Gasteiger partial charge in [-0.15, -0.1) is 4.99 Å². The topological polar surface area (TPSA) is 144 Å². The van der Waals surface area contributed by atoms with Crippen LogP contribution in [0.15, 0.2) is 4.99 Å². The van der Waals surface area contributed by atoms with Crippen molar-refractivity contribution in [1.29, 1.82) is 0 Å². The first-order chi connectivity index (χ1) is 12.7. The number of rotatable bonds is 6. The number of guanidine groups is 1. The number of ether oxygens (including phenoxy) is 2. The second-order valence-electron chi connectivity index (χ2n) is 8.14. The largest absolute Gasteiger partial charge is 0.444 e. The van der Waals surface area contributed by atoms with Crippen LogP contribution >= 0.6 is 0 Å². The lowest BCUT2D eigenvalue weighted by molar-refractivity contribution is -0.122. The van der Waals surface area contributed by atoms with E-state index in [2.05, 4.69) is 20.9 Å². The summed E-state index contributed by atoms with van der Waals surface area (Å²) in [6.45, 7) is 12.9. The number of nitrogens with one attached hydrogen (secondary N) is 3. The number of carbonyl (C=O) groups excluding carboxylic acids is 3. The molecule has 0 radical (unpaired) electrons. The molecule has 3 amide bonds. The number of hydrogen-bond donors (Lipinski definition) is 4. The summed E-state index contributed by atoms with van der Waals surface area (Å²) in [5.74, 6) is -0.327. The minimum absolute atomic E-state index is 0.102. The van der Waals surface area contributed by atoms with Crippen LogP contribution in [-0.2, 0) is 14.3 Å². The summed E-state index contributed by atoms with van der Waals surface area (Å²) in [5.41, 5.74) is 4.35. The molecule has 0 aromatic heterocycles. The predicted molar refractivity (Wildman–Crippen MR) is 107 cm³/mol. The number of amides is 3. The van der Waals surface area contributed by atoms with Crippen LogP contribution < -0.4 is 21.7 Å². The van der Waals surface area contributed by atoms with Crippen LogP contribution in [0.4, 0.5) is 9.59 Å². The van der Waals surface area contributed by atoms with Crippen LogP contribution in [0.2, 0.25) is 0 Å². The molecule has 1 atom stereocenters. The van der Waals surface area contributed by atoms with Crippen LogP contribution in [0.25, 0.3) is 0 Å². The van der Waals surface area contributed by atoms with E-state index in [1.807, 2.05) is 6.92 Å². The summed E-state index contributed by atoms with van der Waals surface area (Å²) in [6, 6.07) is -0.633. The van der Waals surface area contributed by atoms with E-state index in [0.717, 1.165) is 0 Å². The molecule has 0 aliphatic rings. The van der Waals surface area contributed by atoms with Gasteiger partial charge in [0.05, 0.1) is 6.04 Å². The zero-order chi connectivity index (χ0) is 22.0. The smallest absolute Gasteiger partial charge is 0.437 e. The summed E-state index contributed by atoms with van der Waals surface area (Å²) in [6.07, 6.45) is -0.682. The third-order valence-corrected chi connectivity index (χ3v) is 2.89. The summed E-state index contributed by atoms with van der Waals surface area (Å²) in [4.78, 5) is 39.2. The third-order valence-electron chi connectivity index (χ3n) is 2.89. The van der Waals surface area contributed by atoms with Crippen molar-refractivity contribution in [2.24, 2.45) is 10.7 Å². The van der Waals surface area contributed by atoms with Crippen molar-refractivity contribution >= 4 is 24.1 Å². The van der Waals surface area contributed by atoms with Gasteiger partial charge in [0, 0.05) is 13.1 Å². The molecule has 162 valence electrons. The van der Waals surface area contributed by atoms with Gasteiger partial charge in [0.1, 0.15) is 11.2 Å². The Kier molecular flexibility index (Phi) is 10.5. The van der Waals surface area contributed by atoms with Gasteiger partial charge < -0.3 is 25.8 Å². The van der Waals surface area contributed by atoms with Crippen molar-refractivity contribution in [3.63, 3.8) is 0 Å². The number of nitrogens with two attached hydrogens (primary N) is 1. The molecule has 0 aromatic rings. The van der Waals surface area contributed by atoms with Gasteiger partial charge in [-0.1, -0.05) is 0 Å². The summed E-state index contributed by atoms with van der Waals surface area (Å²) in [5, 5.41) is 7.86. The van der Waals surface area contributed by atoms with Gasteiger partial charge in [0.2, 0.25) is 11.9 Å². The fraction of sp³-hybridized carbons (Fsp3) is 0.778. The molecule has 0 heterocycles. The first kappa shape index (κ1) is 25.6. The molecule has 0 aliphatic heterocycles. The van der Waals surface area contributed by atoms with Crippen molar-refractivity contribution in [3.05, 3.63) is 0 Å². The van der Waals surface area contributed by atoms with E-state index in [1.165, 1.54) is 0 Å². The highest BCUT2D eigenvalue weighted by Crippen LogP contribution is 2.08. The number of alkyl carbamates (subject to hydrolysis) is 1.